The van der Waals surface area contributed by atoms with E-state index in [1.807, 2.05) is 4.90 Å². The van der Waals surface area contributed by atoms with E-state index in [2.05, 4.69) is 29.1 Å². The van der Waals surface area contributed by atoms with E-state index in [1.54, 1.807) is 12.3 Å². The van der Waals surface area contributed by atoms with Gasteiger partial charge in [-0.2, -0.15) is 0 Å². The smallest absolute Gasteiger partial charge is 0.272 e. The zero-order valence-electron chi connectivity index (χ0n) is 13.1. The molecule has 2 rings (SSSR count). The quantitative estimate of drug-likeness (QED) is 0.818. The third kappa shape index (κ3) is 4.69. The Balaban J connectivity index is 1.94. The van der Waals surface area contributed by atoms with Crippen molar-refractivity contribution in [3.63, 3.8) is 0 Å². The van der Waals surface area contributed by atoms with Gasteiger partial charge in [0.25, 0.3) is 5.91 Å². The SMILES string of the molecule is CCCCCNc1nccc(C(=O)N2CCCC(C)C2)n1. The molecule has 1 saturated heterocycles. The summed E-state index contributed by atoms with van der Waals surface area (Å²) in [5.41, 5.74) is 0.497. The first-order valence-electron chi connectivity index (χ1n) is 8.07. The van der Waals surface area contributed by atoms with Crippen LogP contribution in [0.25, 0.3) is 0 Å². The molecule has 0 radical (unpaired) electrons. The Morgan fingerprint density at radius 2 is 2.33 bits per heavy atom. The number of carbonyl (C=O) groups excluding carboxylic acids is 1. The molecule has 1 aliphatic heterocycles. The van der Waals surface area contributed by atoms with Gasteiger partial charge in [-0.15, -0.1) is 0 Å². The summed E-state index contributed by atoms with van der Waals surface area (Å²) >= 11 is 0. The van der Waals surface area contributed by atoms with Gasteiger partial charge in [0.05, 0.1) is 0 Å². The lowest BCUT2D eigenvalue weighted by atomic mass is 10.00. The topological polar surface area (TPSA) is 58.1 Å². The van der Waals surface area contributed by atoms with E-state index in [0.29, 0.717) is 17.6 Å². The van der Waals surface area contributed by atoms with Gasteiger partial charge in [0.15, 0.2) is 0 Å². The number of rotatable bonds is 6. The second-order valence-corrected chi connectivity index (χ2v) is 5.90. The van der Waals surface area contributed by atoms with Crippen LogP contribution in [0, 0.1) is 5.92 Å². The van der Waals surface area contributed by atoms with E-state index in [-0.39, 0.29) is 5.91 Å². The molecule has 0 saturated carbocycles. The molecule has 5 nitrogen and oxygen atoms in total. The van der Waals surface area contributed by atoms with E-state index in [4.69, 9.17) is 0 Å². The van der Waals surface area contributed by atoms with E-state index >= 15 is 0 Å². The van der Waals surface area contributed by atoms with Crippen LogP contribution in [-0.4, -0.2) is 40.4 Å². The van der Waals surface area contributed by atoms with Gasteiger partial charge in [-0.25, -0.2) is 9.97 Å². The number of likely N-dealkylation sites (tertiary alicyclic amines) is 1. The molecule has 0 aromatic carbocycles. The van der Waals surface area contributed by atoms with E-state index < -0.39 is 0 Å². The van der Waals surface area contributed by atoms with Crippen molar-refractivity contribution in [3.8, 4) is 0 Å². The minimum Gasteiger partial charge on any atom is -0.354 e. The molecule has 0 bridgehead atoms. The van der Waals surface area contributed by atoms with Gasteiger partial charge in [0.1, 0.15) is 5.69 Å². The van der Waals surface area contributed by atoms with Crippen LogP contribution in [-0.2, 0) is 0 Å². The highest BCUT2D eigenvalue weighted by Crippen LogP contribution is 2.17. The third-order valence-corrected chi connectivity index (χ3v) is 3.88. The summed E-state index contributed by atoms with van der Waals surface area (Å²) < 4.78 is 0. The molecule has 1 N–H and O–H groups in total. The molecule has 5 heteroatoms. The highest BCUT2D eigenvalue weighted by atomic mass is 16.2. The highest BCUT2D eigenvalue weighted by Gasteiger charge is 2.23. The van der Waals surface area contributed by atoms with Crippen LogP contribution in [0.2, 0.25) is 0 Å². The Morgan fingerprint density at radius 3 is 3.10 bits per heavy atom. The maximum atomic E-state index is 12.5. The number of nitrogens with one attached hydrogen (secondary N) is 1. The van der Waals surface area contributed by atoms with Crippen LogP contribution in [0.4, 0.5) is 5.95 Å². The molecule has 0 aliphatic carbocycles. The Labute approximate surface area is 127 Å². The van der Waals surface area contributed by atoms with Crippen molar-refractivity contribution >= 4 is 11.9 Å². The Kier molecular flexibility index (Phi) is 5.96. The lowest BCUT2D eigenvalue weighted by molar-refractivity contribution is 0.0677. The van der Waals surface area contributed by atoms with E-state index in [1.165, 1.54) is 19.3 Å². The van der Waals surface area contributed by atoms with Crippen LogP contribution in [0.5, 0.6) is 0 Å². The molecule has 2 heterocycles. The van der Waals surface area contributed by atoms with Gasteiger partial charge in [-0.05, 0) is 31.2 Å². The van der Waals surface area contributed by atoms with Gasteiger partial charge in [-0.3, -0.25) is 4.79 Å². The summed E-state index contributed by atoms with van der Waals surface area (Å²) in [5.74, 6) is 1.17. The molecule has 21 heavy (non-hydrogen) atoms. The minimum atomic E-state index is 0.0283. The summed E-state index contributed by atoms with van der Waals surface area (Å²) in [4.78, 5) is 22.9. The summed E-state index contributed by atoms with van der Waals surface area (Å²) in [5, 5.41) is 3.19. The predicted molar refractivity (Wildman–Crippen MR) is 84.3 cm³/mol. The van der Waals surface area contributed by atoms with Crippen molar-refractivity contribution in [2.45, 2.75) is 46.0 Å². The number of nitrogens with zero attached hydrogens (tertiary/aromatic N) is 3. The summed E-state index contributed by atoms with van der Waals surface area (Å²) in [7, 11) is 0. The van der Waals surface area contributed by atoms with Crippen molar-refractivity contribution in [1.29, 1.82) is 0 Å². The minimum absolute atomic E-state index is 0.0283. The molecule has 1 fully saturated rings. The molecular formula is C16H26N4O. The Hall–Kier alpha value is -1.65. The van der Waals surface area contributed by atoms with Gasteiger partial charge in [0.2, 0.25) is 5.95 Å². The normalized spacial score (nSPS) is 18.6. The van der Waals surface area contributed by atoms with E-state index in [9.17, 15) is 4.79 Å². The molecule has 116 valence electrons. The molecule has 1 atom stereocenters. The number of carbonyl (C=O) groups is 1. The number of hydrogen-bond donors (Lipinski definition) is 1. The number of aromatic nitrogens is 2. The molecule has 1 unspecified atom stereocenters. The van der Waals surface area contributed by atoms with Crippen LogP contribution >= 0.6 is 0 Å². The Morgan fingerprint density at radius 1 is 1.48 bits per heavy atom. The van der Waals surface area contributed by atoms with Crippen LogP contribution in [0.3, 0.4) is 0 Å². The molecule has 0 spiro atoms. The summed E-state index contributed by atoms with van der Waals surface area (Å²) in [6.45, 7) is 6.90. The van der Waals surface area contributed by atoms with Crippen molar-refractivity contribution in [2.24, 2.45) is 5.92 Å². The lowest BCUT2D eigenvalue weighted by Gasteiger charge is -2.30. The molecular weight excluding hydrogens is 264 g/mol. The number of piperidine rings is 1. The number of anilines is 1. The average Bonchev–Trinajstić information content (AvgIpc) is 2.51. The second-order valence-electron chi connectivity index (χ2n) is 5.90. The van der Waals surface area contributed by atoms with Crippen molar-refractivity contribution in [1.82, 2.24) is 14.9 Å². The monoisotopic (exact) mass is 290 g/mol. The van der Waals surface area contributed by atoms with Crippen LogP contribution in [0.1, 0.15) is 56.4 Å². The van der Waals surface area contributed by atoms with Crippen molar-refractivity contribution in [2.75, 3.05) is 25.0 Å². The van der Waals surface area contributed by atoms with E-state index in [0.717, 1.165) is 32.5 Å². The van der Waals surface area contributed by atoms with Crippen LogP contribution in [0.15, 0.2) is 12.3 Å². The molecule has 1 aromatic rings. The number of hydrogen-bond acceptors (Lipinski definition) is 4. The van der Waals surface area contributed by atoms with Crippen LogP contribution < -0.4 is 5.32 Å². The fourth-order valence-electron chi connectivity index (χ4n) is 2.67. The predicted octanol–water partition coefficient (Wildman–Crippen LogP) is 2.95. The summed E-state index contributed by atoms with van der Waals surface area (Å²) in [6, 6.07) is 1.71. The molecule has 1 aliphatic rings. The molecule has 1 amide bonds. The first-order valence-corrected chi connectivity index (χ1v) is 8.07. The zero-order valence-corrected chi connectivity index (χ0v) is 13.1. The van der Waals surface area contributed by atoms with Gasteiger partial charge >= 0.3 is 0 Å². The first kappa shape index (κ1) is 15.7. The van der Waals surface area contributed by atoms with Crippen molar-refractivity contribution in [3.05, 3.63) is 18.0 Å². The Bertz CT molecular complexity index is 463. The largest absolute Gasteiger partial charge is 0.354 e. The van der Waals surface area contributed by atoms with Gasteiger partial charge in [0, 0.05) is 25.8 Å². The highest BCUT2D eigenvalue weighted by molar-refractivity contribution is 5.92. The molecule has 1 aromatic heterocycles. The van der Waals surface area contributed by atoms with Gasteiger partial charge < -0.3 is 10.2 Å². The standard InChI is InChI=1S/C16H26N4O/c1-3-4-5-9-17-16-18-10-8-14(19-16)15(21)20-11-6-7-13(2)12-20/h8,10,13H,3-7,9,11-12H2,1-2H3,(H,17,18,19). The maximum absolute atomic E-state index is 12.5. The maximum Gasteiger partial charge on any atom is 0.272 e. The summed E-state index contributed by atoms with van der Waals surface area (Å²) in [6.07, 6.45) is 7.43. The lowest BCUT2D eigenvalue weighted by Crippen LogP contribution is -2.39. The van der Waals surface area contributed by atoms with Gasteiger partial charge in [-0.1, -0.05) is 26.7 Å². The van der Waals surface area contributed by atoms with Crippen molar-refractivity contribution < 1.29 is 4.79 Å². The fourth-order valence-corrected chi connectivity index (χ4v) is 2.67. The fraction of sp³-hybridized carbons (Fsp3) is 0.688. The number of amides is 1. The second kappa shape index (κ2) is 7.96. The third-order valence-electron chi connectivity index (χ3n) is 3.88. The zero-order chi connectivity index (χ0) is 15.1. The first-order chi connectivity index (χ1) is 10.2. The number of unbranched alkanes of at least 4 members (excludes halogenated alkanes) is 2. The average molecular weight is 290 g/mol.